The SMILES string of the molecule is CCCn1nccc1C(NCC)c1ccc(F)cc1I. The molecule has 0 saturated heterocycles. The van der Waals surface area contributed by atoms with Gasteiger partial charge in [0.05, 0.1) is 11.7 Å². The maximum absolute atomic E-state index is 13.3. The van der Waals surface area contributed by atoms with Gasteiger partial charge in [0, 0.05) is 16.3 Å². The van der Waals surface area contributed by atoms with Gasteiger partial charge < -0.3 is 5.32 Å². The molecule has 2 rings (SSSR count). The van der Waals surface area contributed by atoms with Crippen molar-refractivity contribution >= 4 is 22.6 Å². The highest BCUT2D eigenvalue weighted by molar-refractivity contribution is 14.1. The second kappa shape index (κ2) is 7.17. The fourth-order valence-electron chi connectivity index (χ4n) is 2.30. The molecule has 0 bridgehead atoms. The Hall–Kier alpha value is -0.950. The summed E-state index contributed by atoms with van der Waals surface area (Å²) in [5.74, 6) is -0.199. The lowest BCUT2D eigenvalue weighted by molar-refractivity contribution is 0.518. The van der Waals surface area contributed by atoms with Gasteiger partial charge in [-0.3, -0.25) is 4.68 Å². The maximum atomic E-state index is 13.3. The van der Waals surface area contributed by atoms with Crippen LogP contribution in [0.15, 0.2) is 30.5 Å². The highest BCUT2D eigenvalue weighted by Gasteiger charge is 2.19. The molecule has 1 aromatic heterocycles. The second-order valence-electron chi connectivity index (χ2n) is 4.64. The summed E-state index contributed by atoms with van der Waals surface area (Å²) in [5.41, 5.74) is 2.21. The molecule has 0 amide bonds. The van der Waals surface area contributed by atoms with E-state index in [1.54, 1.807) is 6.07 Å². The molecular formula is C15H19FIN3. The summed E-state index contributed by atoms with van der Waals surface area (Å²) in [4.78, 5) is 0. The Morgan fingerprint density at radius 2 is 2.15 bits per heavy atom. The van der Waals surface area contributed by atoms with Crippen LogP contribution in [-0.4, -0.2) is 16.3 Å². The molecule has 1 N–H and O–H groups in total. The van der Waals surface area contributed by atoms with Gasteiger partial charge >= 0.3 is 0 Å². The van der Waals surface area contributed by atoms with Crippen molar-refractivity contribution < 1.29 is 4.39 Å². The first-order valence-electron chi connectivity index (χ1n) is 6.87. The number of hydrogen-bond donors (Lipinski definition) is 1. The number of aryl methyl sites for hydroxylation is 1. The molecular weight excluding hydrogens is 368 g/mol. The molecule has 1 heterocycles. The van der Waals surface area contributed by atoms with Crippen LogP contribution in [0.4, 0.5) is 4.39 Å². The summed E-state index contributed by atoms with van der Waals surface area (Å²) in [6.45, 7) is 5.94. The van der Waals surface area contributed by atoms with Crippen molar-refractivity contribution in [3.8, 4) is 0 Å². The smallest absolute Gasteiger partial charge is 0.124 e. The molecule has 0 saturated carbocycles. The molecule has 3 nitrogen and oxygen atoms in total. The topological polar surface area (TPSA) is 29.9 Å². The van der Waals surface area contributed by atoms with Crippen molar-refractivity contribution in [1.29, 1.82) is 0 Å². The number of rotatable bonds is 6. The fraction of sp³-hybridized carbons (Fsp3) is 0.400. The van der Waals surface area contributed by atoms with Crippen LogP contribution in [0.5, 0.6) is 0 Å². The van der Waals surface area contributed by atoms with Crippen LogP contribution in [0.1, 0.15) is 37.6 Å². The lowest BCUT2D eigenvalue weighted by Crippen LogP contribution is -2.25. The van der Waals surface area contributed by atoms with Crippen LogP contribution in [0, 0.1) is 9.39 Å². The molecule has 108 valence electrons. The molecule has 5 heteroatoms. The zero-order valence-corrected chi connectivity index (χ0v) is 13.9. The van der Waals surface area contributed by atoms with E-state index in [1.165, 1.54) is 6.07 Å². The summed E-state index contributed by atoms with van der Waals surface area (Å²) in [5, 5.41) is 7.85. The van der Waals surface area contributed by atoms with E-state index in [0.29, 0.717) is 0 Å². The molecule has 0 fully saturated rings. The van der Waals surface area contributed by atoms with Crippen LogP contribution < -0.4 is 5.32 Å². The van der Waals surface area contributed by atoms with E-state index in [-0.39, 0.29) is 11.9 Å². The van der Waals surface area contributed by atoms with Crippen LogP contribution in [0.2, 0.25) is 0 Å². The Morgan fingerprint density at radius 3 is 2.80 bits per heavy atom. The number of halogens is 2. The van der Waals surface area contributed by atoms with Gasteiger partial charge in [0.15, 0.2) is 0 Å². The van der Waals surface area contributed by atoms with E-state index in [0.717, 1.165) is 34.3 Å². The molecule has 1 aromatic carbocycles. The van der Waals surface area contributed by atoms with E-state index in [9.17, 15) is 4.39 Å². The molecule has 0 spiro atoms. The quantitative estimate of drug-likeness (QED) is 0.766. The Balaban J connectivity index is 2.42. The summed E-state index contributed by atoms with van der Waals surface area (Å²) in [7, 11) is 0. The van der Waals surface area contributed by atoms with Gasteiger partial charge in [-0.1, -0.05) is 19.9 Å². The molecule has 2 aromatic rings. The third kappa shape index (κ3) is 3.38. The maximum Gasteiger partial charge on any atom is 0.124 e. The van der Waals surface area contributed by atoms with Gasteiger partial charge in [0.25, 0.3) is 0 Å². The monoisotopic (exact) mass is 387 g/mol. The number of benzene rings is 1. The molecule has 20 heavy (non-hydrogen) atoms. The first kappa shape index (κ1) is 15.4. The molecule has 0 aliphatic heterocycles. The second-order valence-corrected chi connectivity index (χ2v) is 5.80. The van der Waals surface area contributed by atoms with Gasteiger partial charge in [0.1, 0.15) is 5.82 Å². The number of nitrogens with zero attached hydrogens (tertiary/aromatic N) is 2. The zero-order chi connectivity index (χ0) is 14.5. The molecule has 0 radical (unpaired) electrons. The predicted octanol–water partition coefficient (Wildman–Crippen LogP) is 3.74. The van der Waals surface area contributed by atoms with Crippen molar-refractivity contribution in [2.45, 2.75) is 32.9 Å². The van der Waals surface area contributed by atoms with Crippen molar-refractivity contribution in [3.63, 3.8) is 0 Å². The highest BCUT2D eigenvalue weighted by atomic mass is 127. The fourth-order valence-corrected chi connectivity index (χ4v) is 3.09. The lowest BCUT2D eigenvalue weighted by Gasteiger charge is -2.21. The average Bonchev–Trinajstić information content (AvgIpc) is 2.85. The minimum absolute atomic E-state index is 0.0431. The van der Waals surface area contributed by atoms with E-state index in [1.807, 2.05) is 23.0 Å². The zero-order valence-electron chi connectivity index (χ0n) is 11.7. The predicted molar refractivity (Wildman–Crippen MR) is 87.2 cm³/mol. The highest BCUT2D eigenvalue weighted by Crippen LogP contribution is 2.27. The van der Waals surface area contributed by atoms with Crippen LogP contribution >= 0.6 is 22.6 Å². The summed E-state index contributed by atoms with van der Waals surface area (Å²) >= 11 is 2.19. The van der Waals surface area contributed by atoms with Crippen molar-refractivity contribution in [3.05, 3.63) is 51.1 Å². The van der Waals surface area contributed by atoms with Gasteiger partial charge in [-0.25, -0.2) is 4.39 Å². The first-order valence-corrected chi connectivity index (χ1v) is 7.95. The molecule has 0 aliphatic rings. The minimum atomic E-state index is -0.199. The largest absolute Gasteiger partial charge is 0.305 e. The number of aromatic nitrogens is 2. The lowest BCUT2D eigenvalue weighted by atomic mass is 10.0. The standard InChI is InChI=1S/C15H19FIN3/c1-3-9-20-14(7-8-19-20)15(18-4-2)12-6-5-11(16)10-13(12)17/h5-8,10,15,18H,3-4,9H2,1-2H3. The minimum Gasteiger partial charge on any atom is -0.305 e. The van der Waals surface area contributed by atoms with Gasteiger partial charge in [0.2, 0.25) is 0 Å². The normalized spacial score (nSPS) is 12.6. The third-order valence-electron chi connectivity index (χ3n) is 3.16. The van der Waals surface area contributed by atoms with Crippen LogP contribution in [-0.2, 0) is 6.54 Å². The summed E-state index contributed by atoms with van der Waals surface area (Å²) in [6, 6.07) is 7.01. The van der Waals surface area contributed by atoms with E-state index in [4.69, 9.17) is 0 Å². The number of hydrogen-bond acceptors (Lipinski definition) is 2. The van der Waals surface area contributed by atoms with Crippen molar-refractivity contribution in [2.24, 2.45) is 0 Å². The summed E-state index contributed by atoms with van der Waals surface area (Å²) < 4.78 is 16.2. The summed E-state index contributed by atoms with van der Waals surface area (Å²) in [6.07, 6.45) is 2.86. The Labute approximate surface area is 132 Å². The first-order chi connectivity index (χ1) is 9.67. The van der Waals surface area contributed by atoms with Gasteiger partial charge in [-0.05, 0) is 59.3 Å². The van der Waals surface area contributed by atoms with Gasteiger partial charge in [-0.15, -0.1) is 0 Å². The van der Waals surface area contributed by atoms with Crippen LogP contribution in [0.25, 0.3) is 0 Å². The van der Waals surface area contributed by atoms with Crippen molar-refractivity contribution in [1.82, 2.24) is 15.1 Å². The number of nitrogens with one attached hydrogen (secondary N) is 1. The van der Waals surface area contributed by atoms with E-state index < -0.39 is 0 Å². The Kier molecular flexibility index (Phi) is 5.54. The molecule has 0 aliphatic carbocycles. The third-order valence-corrected chi connectivity index (χ3v) is 4.10. The van der Waals surface area contributed by atoms with Crippen LogP contribution in [0.3, 0.4) is 0 Å². The van der Waals surface area contributed by atoms with Crippen molar-refractivity contribution in [2.75, 3.05) is 6.54 Å². The van der Waals surface area contributed by atoms with E-state index in [2.05, 4.69) is 46.9 Å². The molecule has 1 atom stereocenters. The average molecular weight is 387 g/mol. The Bertz CT molecular complexity index is 568. The Morgan fingerprint density at radius 1 is 1.35 bits per heavy atom. The van der Waals surface area contributed by atoms with Gasteiger partial charge in [-0.2, -0.15) is 5.10 Å². The van der Waals surface area contributed by atoms with E-state index >= 15 is 0 Å². The molecule has 1 unspecified atom stereocenters.